The maximum atomic E-state index is 10.7. The average Bonchev–Trinajstić information content (AvgIpc) is 2.58. The number of non-ortho nitro benzene ring substituents is 1. The number of halogens is 2. The van der Waals surface area contributed by atoms with Crippen LogP contribution in [0.2, 0.25) is 5.02 Å². The third-order valence-corrected chi connectivity index (χ3v) is 3.50. The first-order valence-electron chi connectivity index (χ1n) is 7.58. The van der Waals surface area contributed by atoms with Gasteiger partial charge in [0.25, 0.3) is 5.69 Å². The number of aliphatic imine (C=N–C) groups is 1. The van der Waals surface area contributed by atoms with Crippen LogP contribution in [-0.2, 0) is 13.1 Å². The standard InChI is InChI=1S/C17H19ClN4O2.HI/c1-2-19-17(21-12-14-4-3-5-15(18)10-14)20-11-13-6-8-16(9-7-13)22(23)24;/h3-10H,2,11-12H2,1H3,(H2,19,20,21);1H. The minimum absolute atomic E-state index is 0. The molecule has 2 rings (SSSR count). The summed E-state index contributed by atoms with van der Waals surface area (Å²) in [7, 11) is 0. The van der Waals surface area contributed by atoms with Crippen molar-refractivity contribution in [2.45, 2.75) is 20.0 Å². The number of nitrogens with one attached hydrogen (secondary N) is 2. The van der Waals surface area contributed by atoms with Crippen molar-refractivity contribution in [1.82, 2.24) is 10.6 Å². The van der Waals surface area contributed by atoms with Crippen molar-refractivity contribution in [2.75, 3.05) is 6.54 Å². The van der Waals surface area contributed by atoms with Crippen LogP contribution in [0.5, 0.6) is 0 Å². The van der Waals surface area contributed by atoms with Gasteiger partial charge in [0, 0.05) is 30.2 Å². The lowest BCUT2D eigenvalue weighted by Crippen LogP contribution is -2.36. The van der Waals surface area contributed by atoms with Crippen molar-refractivity contribution in [3.63, 3.8) is 0 Å². The SMILES string of the molecule is CCNC(=NCc1cccc(Cl)c1)NCc1ccc([N+](=O)[O-])cc1.I. The second-order valence-electron chi connectivity index (χ2n) is 5.10. The molecule has 2 aromatic rings. The van der Waals surface area contributed by atoms with Crippen LogP contribution < -0.4 is 10.6 Å². The van der Waals surface area contributed by atoms with E-state index in [1.807, 2.05) is 31.2 Å². The second-order valence-corrected chi connectivity index (χ2v) is 5.54. The molecule has 0 fully saturated rings. The summed E-state index contributed by atoms with van der Waals surface area (Å²) in [6.07, 6.45) is 0. The highest BCUT2D eigenvalue weighted by Gasteiger charge is 2.04. The number of nitro benzene ring substituents is 1. The molecule has 0 unspecified atom stereocenters. The molecule has 0 saturated heterocycles. The maximum Gasteiger partial charge on any atom is 0.269 e. The first-order valence-corrected chi connectivity index (χ1v) is 7.96. The Balaban J connectivity index is 0.00000312. The molecule has 0 aliphatic heterocycles. The molecule has 2 aromatic carbocycles. The molecule has 0 aliphatic rings. The monoisotopic (exact) mass is 474 g/mol. The Bertz CT molecular complexity index is 723. The van der Waals surface area contributed by atoms with E-state index in [1.165, 1.54) is 12.1 Å². The lowest BCUT2D eigenvalue weighted by molar-refractivity contribution is -0.384. The molecule has 0 amide bonds. The van der Waals surface area contributed by atoms with Crippen LogP contribution in [-0.4, -0.2) is 17.4 Å². The molecule has 0 aromatic heterocycles. The zero-order valence-corrected chi connectivity index (χ0v) is 16.8. The van der Waals surface area contributed by atoms with E-state index in [1.54, 1.807) is 12.1 Å². The molecule has 0 heterocycles. The van der Waals surface area contributed by atoms with Crippen molar-refractivity contribution in [3.8, 4) is 0 Å². The normalized spacial score (nSPS) is 10.7. The van der Waals surface area contributed by atoms with Crippen LogP contribution in [0.1, 0.15) is 18.1 Å². The van der Waals surface area contributed by atoms with E-state index in [9.17, 15) is 10.1 Å². The van der Waals surface area contributed by atoms with Crippen LogP contribution in [0.15, 0.2) is 53.5 Å². The number of nitro groups is 1. The fourth-order valence-electron chi connectivity index (χ4n) is 2.07. The Kier molecular flexibility index (Phi) is 9.22. The number of hydrogen-bond acceptors (Lipinski definition) is 3. The van der Waals surface area contributed by atoms with Crippen molar-refractivity contribution in [3.05, 3.63) is 74.8 Å². The topological polar surface area (TPSA) is 79.6 Å². The van der Waals surface area contributed by atoms with Crippen LogP contribution >= 0.6 is 35.6 Å². The van der Waals surface area contributed by atoms with Gasteiger partial charge in [0.15, 0.2) is 5.96 Å². The molecule has 0 atom stereocenters. The number of guanidine groups is 1. The lowest BCUT2D eigenvalue weighted by Gasteiger charge is -2.11. The van der Waals surface area contributed by atoms with Crippen molar-refractivity contribution in [2.24, 2.45) is 4.99 Å². The van der Waals surface area contributed by atoms with Gasteiger partial charge in [0.2, 0.25) is 0 Å². The fraction of sp³-hybridized carbons (Fsp3) is 0.235. The summed E-state index contributed by atoms with van der Waals surface area (Å²) in [6, 6.07) is 14.0. The second kappa shape index (κ2) is 10.9. The molecule has 134 valence electrons. The Hall–Kier alpha value is -1.87. The quantitative estimate of drug-likeness (QED) is 0.217. The van der Waals surface area contributed by atoms with E-state index >= 15 is 0 Å². The zero-order valence-electron chi connectivity index (χ0n) is 13.7. The third-order valence-electron chi connectivity index (χ3n) is 3.26. The van der Waals surface area contributed by atoms with Gasteiger partial charge in [-0.15, -0.1) is 24.0 Å². The molecule has 8 heteroatoms. The molecule has 0 bridgehead atoms. The largest absolute Gasteiger partial charge is 0.357 e. The van der Waals surface area contributed by atoms with E-state index in [4.69, 9.17) is 11.6 Å². The van der Waals surface area contributed by atoms with Gasteiger partial charge < -0.3 is 10.6 Å². The summed E-state index contributed by atoms with van der Waals surface area (Å²) in [5.41, 5.74) is 2.05. The van der Waals surface area contributed by atoms with E-state index in [0.717, 1.165) is 17.7 Å². The molecule has 6 nitrogen and oxygen atoms in total. The highest BCUT2D eigenvalue weighted by Crippen LogP contribution is 2.12. The zero-order chi connectivity index (χ0) is 17.4. The molecule has 2 N–H and O–H groups in total. The highest BCUT2D eigenvalue weighted by molar-refractivity contribution is 14.0. The summed E-state index contributed by atoms with van der Waals surface area (Å²) in [5.74, 6) is 0.677. The predicted octanol–water partition coefficient (Wildman–Crippen LogP) is 4.12. The Morgan fingerprint density at radius 3 is 2.48 bits per heavy atom. The van der Waals surface area contributed by atoms with E-state index in [0.29, 0.717) is 24.1 Å². The maximum absolute atomic E-state index is 10.7. The van der Waals surface area contributed by atoms with Crippen LogP contribution in [0.3, 0.4) is 0 Å². The van der Waals surface area contributed by atoms with E-state index in [2.05, 4.69) is 15.6 Å². The summed E-state index contributed by atoms with van der Waals surface area (Å²) in [4.78, 5) is 14.8. The van der Waals surface area contributed by atoms with Gasteiger partial charge in [0.1, 0.15) is 0 Å². The molecule has 0 radical (unpaired) electrons. The molecule has 0 saturated carbocycles. The van der Waals surface area contributed by atoms with Gasteiger partial charge >= 0.3 is 0 Å². The first kappa shape index (κ1) is 21.2. The van der Waals surface area contributed by atoms with Crippen LogP contribution in [0, 0.1) is 10.1 Å². The fourth-order valence-corrected chi connectivity index (χ4v) is 2.28. The first-order chi connectivity index (χ1) is 11.6. The molecule has 25 heavy (non-hydrogen) atoms. The third kappa shape index (κ3) is 7.27. The number of rotatable bonds is 6. The molecular weight excluding hydrogens is 455 g/mol. The summed E-state index contributed by atoms with van der Waals surface area (Å²) in [5, 5.41) is 17.7. The Morgan fingerprint density at radius 2 is 1.88 bits per heavy atom. The van der Waals surface area contributed by atoms with Gasteiger partial charge in [-0.05, 0) is 30.2 Å². The summed E-state index contributed by atoms with van der Waals surface area (Å²) in [6.45, 7) is 3.76. The highest BCUT2D eigenvalue weighted by atomic mass is 127. The Labute approximate surface area is 168 Å². The van der Waals surface area contributed by atoms with Gasteiger partial charge in [-0.1, -0.05) is 35.9 Å². The summed E-state index contributed by atoms with van der Waals surface area (Å²) < 4.78 is 0. The van der Waals surface area contributed by atoms with Crippen LogP contribution in [0.4, 0.5) is 5.69 Å². The molecule has 0 aliphatic carbocycles. The predicted molar refractivity (Wildman–Crippen MR) is 112 cm³/mol. The van der Waals surface area contributed by atoms with Crippen LogP contribution in [0.25, 0.3) is 0 Å². The van der Waals surface area contributed by atoms with E-state index < -0.39 is 4.92 Å². The van der Waals surface area contributed by atoms with E-state index in [-0.39, 0.29) is 29.7 Å². The lowest BCUT2D eigenvalue weighted by atomic mass is 10.2. The minimum Gasteiger partial charge on any atom is -0.357 e. The van der Waals surface area contributed by atoms with Gasteiger partial charge in [-0.3, -0.25) is 10.1 Å². The number of benzene rings is 2. The molecular formula is C17H20ClIN4O2. The smallest absolute Gasteiger partial charge is 0.269 e. The number of hydrogen-bond donors (Lipinski definition) is 2. The summed E-state index contributed by atoms with van der Waals surface area (Å²) >= 11 is 5.97. The van der Waals surface area contributed by atoms with Gasteiger partial charge in [0.05, 0.1) is 11.5 Å². The number of nitrogens with zero attached hydrogens (tertiary/aromatic N) is 2. The molecule has 0 spiro atoms. The van der Waals surface area contributed by atoms with Crippen molar-refractivity contribution < 1.29 is 4.92 Å². The van der Waals surface area contributed by atoms with Gasteiger partial charge in [-0.2, -0.15) is 0 Å². The van der Waals surface area contributed by atoms with Crippen molar-refractivity contribution in [1.29, 1.82) is 0 Å². The Morgan fingerprint density at radius 1 is 1.16 bits per heavy atom. The van der Waals surface area contributed by atoms with Gasteiger partial charge in [-0.25, -0.2) is 4.99 Å². The van der Waals surface area contributed by atoms with Crippen molar-refractivity contribution >= 4 is 47.2 Å². The minimum atomic E-state index is -0.409. The average molecular weight is 475 g/mol.